The van der Waals surface area contributed by atoms with Crippen LogP contribution >= 0.6 is 11.3 Å². The second-order valence-electron chi connectivity index (χ2n) is 4.07. The van der Waals surface area contributed by atoms with Crippen LogP contribution in [0.4, 0.5) is 5.69 Å². The Hall–Kier alpha value is -1.42. The van der Waals surface area contributed by atoms with E-state index in [1.165, 1.54) is 0 Å². The number of thiazole rings is 1. The molecule has 1 N–H and O–H groups in total. The van der Waals surface area contributed by atoms with Crippen molar-refractivity contribution in [2.45, 2.75) is 33.1 Å². The van der Waals surface area contributed by atoms with Gasteiger partial charge in [-0.25, -0.2) is 4.98 Å². The molecule has 2 rings (SSSR count). The maximum atomic E-state index is 11.6. The average molecular weight is 248 g/mol. The van der Waals surface area contributed by atoms with Crippen LogP contribution < -0.4 is 5.32 Å². The average Bonchev–Trinajstić information content (AvgIpc) is 2.65. The van der Waals surface area contributed by atoms with E-state index in [9.17, 15) is 4.79 Å². The summed E-state index contributed by atoms with van der Waals surface area (Å²) in [6, 6.07) is 5.85. The molecule has 0 saturated carbocycles. The Bertz CT molecular complexity index is 533. The number of nitrogens with zero attached hydrogens (tertiary/aromatic N) is 1. The van der Waals surface area contributed by atoms with Gasteiger partial charge in [0.2, 0.25) is 5.91 Å². The number of amides is 1. The summed E-state index contributed by atoms with van der Waals surface area (Å²) in [6.07, 6.45) is 2.57. The van der Waals surface area contributed by atoms with Crippen LogP contribution in [0.2, 0.25) is 0 Å². The minimum Gasteiger partial charge on any atom is -0.326 e. The summed E-state index contributed by atoms with van der Waals surface area (Å²) < 4.78 is 1.12. The standard InChI is InChI=1S/C13H16N2OS/c1-3-4-5-13(16)15-10-6-7-11-12(8-10)17-9(2)14-11/h6-8H,3-5H2,1-2H3,(H,15,16). The van der Waals surface area contributed by atoms with E-state index in [0.717, 1.165) is 33.8 Å². The van der Waals surface area contributed by atoms with Crippen LogP contribution in [-0.4, -0.2) is 10.9 Å². The number of carbonyl (C=O) groups excluding carboxylic acids is 1. The van der Waals surface area contributed by atoms with Crippen LogP contribution in [-0.2, 0) is 4.79 Å². The van der Waals surface area contributed by atoms with Crippen LogP contribution in [0.1, 0.15) is 31.2 Å². The van der Waals surface area contributed by atoms with Gasteiger partial charge in [0.1, 0.15) is 0 Å². The van der Waals surface area contributed by atoms with E-state index in [-0.39, 0.29) is 5.91 Å². The summed E-state index contributed by atoms with van der Waals surface area (Å²) in [6.45, 7) is 4.07. The molecule has 0 fully saturated rings. The Labute approximate surface area is 105 Å². The number of aryl methyl sites for hydroxylation is 1. The van der Waals surface area contributed by atoms with Gasteiger partial charge in [-0.1, -0.05) is 13.3 Å². The third-order valence-electron chi connectivity index (χ3n) is 2.54. The van der Waals surface area contributed by atoms with E-state index in [1.54, 1.807) is 11.3 Å². The van der Waals surface area contributed by atoms with Crippen molar-refractivity contribution in [1.82, 2.24) is 4.98 Å². The molecule has 0 radical (unpaired) electrons. The number of hydrogen-bond donors (Lipinski definition) is 1. The fraction of sp³-hybridized carbons (Fsp3) is 0.385. The van der Waals surface area contributed by atoms with E-state index in [4.69, 9.17) is 0 Å². The summed E-state index contributed by atoms with van der Waals surface area (Å²) in [5.41, 5.74) is 1.86. The summed E-state index contributed by atoms with van der Waals surface area (Å²) in [5.74, 6) is 0.0902. The van der Waals surface area contributed by atoms with Crippen molar-refractivity contribution in [1.29, 1.82) is 0 Å². The van der Waals surface area contributed by atoms with Crippen molar-refractivity contribution >= 4 is 33.1 Å². The van der Waals surface area contributed by atoms with Crippen LogP contribution in [0.3, 0.4) is 0 Å². The van der Waals surface area contributed by atoms with Crippen molar-refractivity contribution in [3.8, 4) is 0 Å². The van der Waals surface area contributed by atoms with Gasteiger partial charge in [0.05, 0.1) is 15.2 Å². The lowest BCUT2D eigenvalue weighted by molar-refractivity contribution is -0.116. The van der Waals surface area contributed by atoms with Crippen LogP contribution in [0.25, 0.3) is 10.2 Å². The highest BCUT2D eigenvalue weighted by molar-refractivity contribution is 7.18. The Morgan fingerprint density at radius 1 is 1.47 bits per heavy atom. The first-order valence-electron chi connectivity index (χ1n) is 5.86. The van der Waals surface area contributed by atoms with E-state index in [2.05, 4.69) is 17.2 Å². The summed E-state index contributed by atoms with van der Waals surface area (Å²) in [4.78, 5) is 16.0. The van der Waals surface area contributed by atoms with Crippen molar-refractivity contribution in [2.75, 3.05) is 5.32 Å². The first-order valence-corrected chi connectivity index (χ1v) is 6.67. The molecule has 1 amide bonds. The number of hydrogen-bond acceptors (Lipinski definition) is 3. The molecule has 1 aromatic carbocycles. The molecule has 90 valence electrons. The van der Waals surface area contributed by atoms with Gasteiger partial charge in [-0.3, -0.25) is 4.79 Å². The molecule has 2 aromatic rings. The highest BCUT2D eigenvalue weighted by atomic mass is 32.1. The van der Waals surface area contributed by atoms with Crippen LogP contribution in [0, 0.1) is 6.92 Å². The third kappa shape index (κ3) is 3.03. The molecule has 0 aliphatic carbocycles. The number of rotatable bonds is 4. The van der Waals surface area contributed by atoms with Gasteiger partial charge in [0.15, 0.2) is 0 Å². The van der Waals surface area contributed by atoms with E-state index in [1.807, 2.05) is 25.1 Å². The molecule has 0 bridgehead atoms. The lowest BCUT2D eigenvalue weighted by atomic mass is 10.2. The number of carbonyl (C=O) groups is 1. The number of aromatic nitrogens is 1. The summed E-state index contributed by atoms with van der Waals surface area (Å²) in [7, 11) is 0. The second-order valence-corrected chi connectivity index (χ2v) is 5.30. The fourth-order valence-corrected chi connectivity index (χ4v) is 2.54. The summed E-state index contributed by atoms with van der Waals surface area (Å²) in [5, 5.41) is 3.97. The molecule has 0 saturated heterocycles. The van der Waals surface area contributed by atoms with Gasteiger partial charge in [-0.15, -0.1) is 11.3 Å². The SMILES string of the molecule is CCCCC(=O)Nc1ccc2nc(C)sc2c1. The smallest absolute Gasteiger partial charge is 0.224 e. The molecule has 4 heteroatoms. The Morgan fingerprint density at radius 2 is 2.29 bits per heavy atom. The molecule has 0 unspecified atom stereocenters. The number of nitrogens with one attached hydrogen (secondary N) is 1. The van der Waals surface area contributed by atoms with Crippen LogP contribution in [0.5, 0.6) is 0 Å². The molecule has 17 heavy (non-hydrogen) atoms. The molecular weight excluding hydrogens is 232 g/mol. The maximum Gasteiger partial charge on any atom is 0.224 e. The molecule has 1 aromatic heterocycles. The maximum absolute atomic E-state index is 11.6. The first kappa shape index (κ1) is 12.0. The highest BCUT2D eigenvalue weighted by Gasteiger charge is 2.04. The van der Waals surface area contributed by atoms with Crippen LogP contribution in [0.15, 0.2) is 18.2 Å². The lowest BCUT2D eigenvalue weighted by Gasteiger charge is -2.04. The number of anilines is 1. The zero-order valence-corrected chi connectivity index (χ0v) is 10.9. The Balaban J connectivity index is 2.10. The fourth-order valence-electron chi connectivity index (χ4n) is 1.68. The van der Waals surface area contributed by atoms with Crippen molar-refractivity contribution < 1.29 is 4.79 Å². The predicted molar refractivity (Wildman–Crippen MR) is 72.5 cm³/mol. The number of unbranched alkanes of at least 4 members (excludes halogenated alkanes) is 1. The van der Waals surface area contributed by atoms with Crippen molar-refractivity contribution in [2.24, 2.45) is 0 Å². The van der Waals surface area contributed by atoms with E-state index in [0.29, 0.717) is 6.42 Å². The van der Waals surface area contributed by atoms with Crippen molar-refractivity contribution in [3.63, 3.8) is 0 Å². The lowest BCUT2D eigenvalue weighted by Crippen LogP contribution is -2.10. The predicted octanol–water partition coefficient (Wildman–Crippen LogP) is 3.73. The van der Waals surface area contributed by atoms with Gasteiger partial charge < -0.3 is 5.32 Å². The number of fused-ring (bicyclic) bond motifs is 1. The molecular formula is C13H16N2OS. The minimum atomic E-state index is 0.0902. The highest BCUT2D eigenvalue weighted by Crippen LogP contribution is 2.24. The first-order chi connectivity index (χ1) is 8.19. The van der Waals surface area contributed by atoms with E-state index >= 15 is 0 Å². The zero-order chi connectivity index (χ0) is 12.3. The number of benzene rings is 1. The monoisotopic (exact) mass is 248 g/mol. The van der Waals surface area contributed by atoms with E-state index < -0.39 is 0 Å². The quantitative estimate of drug-likeness (QED) is 0.895. The third-order valence-corrected chi connectivity index (χ3v) is 3.47. The molecule has 3 nitrogen and oxygen atoms in total. The molecule has 0 spiro atoms. The topological polar surface area (TPSA) is 42.0 Å². The Kier molecular flexibility index (Phi) is 3.74. The van der Waals surface area contributed by atoms with Gasteiger partial charge in [0, 0.05) is 12.1 Å². The van der Waals surface area contributed by atoms with Gasteiger partial charge in [-0.2, -0.15) is 0 Å². The van der Waals surface area contributed by atoms with Gasteiger partial charge >= 0.3 is 0 Å². The minimum absolute atomic E-state index is 0.0902. The molecule has 0 aliphatic heterocycles. The van der Waals surface area contributed by atoms with Gasteiger partial charge in [0.25, 0.3) is 0 Å². The largest absolute Gasteiger partial charge is 0.326 e. The Morgan fingerprint density at radius 3 is 3.06 bits per heavy atom. The second kappa shape index (κ2) is 5.27. The van der Waals surface area contributed by atoms with Gasteiger partial charge in [-0.05, 0) is 31.5 Å². The molecule has 0 atom stereocenters. The molecule has 1 heterocycles. The normalized spacial score (nSPS) is 10.7. The summed E-state index contributed by atoms with van der Waals surface area (Å²) >= 11 is 1.65. The molecule has 0 aliphatic rings. The van der Waals surface area contributed by atoms with Crippen molar-refractivity contribution in [3.05, 3.63) is 23.2 Å². The zero-order valence-electron chi connectivity index (χ0n) is 10.1.